The normalized spacial score (nSPS) is 10.7. The molecule has 0 unspecified atom stereocenters. The monoisotopic (exact) mass is 210 g/mol. The zero-order chi connectivity index (χ0) is 10.3. The molecule has 1 aromatic heterocycles. The van der Waals surface area contributed by atoms with Gasteiger partial charge in [0.25, 0.3) is 0 Å². The van der Waals surface area contributed by atoms with Crippen LogP contribution in [0.2, 0.25) is 5.02 Å². The van der Waals surface area contributed by atoms with Crippen LogP contribution in [0.5, 0.6) is 0 Å². The van der Waals surface area contributed by atoms with Crippen LogP contribution in [0.15, 0.2) is 12.1 Å². The van der Waals surface area contributed by atoms with Crippen molar-refractivity contribution in [2.24, 2.45) is 0 Å². The minimum absolute atomic E-state index is 0.0679. The van der Waals surface area contributed by atoms with Crippen molar-refractivity contribution in [2.45, 2.75) is 6.92 Å². The molecule has 2 N–H and O–H groups in total. The number of carboxylic acids is 1. The van der Waals surface area contributed by atoms with Crippen molar-refractivity contribution in [3.05, 3.63) is 28.5 Å². The molecular weight excluding hydrogens is 204 g/mol. The Bertz CT molecular complexity index is 480. The van der Waals surface area contributed by atoms with E-state index in [0.29, 0.717) is 16.1 Å². The lowest BCUT2D eigenvalue weighted by molar-refractivity contribution is 0.0685. The fraction of sp³-hybridized carbons (Fsp3) is 0.111. The van der Waals surface area contributed by atoms with Gasteiger partial charge in [0.2, 0.25) is 5.82 Å². The molecule has 2 aromatic rings. The maximum Gasteiger partial charge on any atom is 0.371 e. The van der Waals surface area contributed by atoms with E-state index in [-0.39, 0.29) is 5.82 Å². The number of H-pyrrole nitrogens is 1. The highest BCUT2D eigenvalue weighted by Crippen LogP contribution is 2.21. The number of halogens is 1. The zero-order valence-corrected chi connectivity index (χ0v) is 8.09. The molecule has 0 saturated heterocycles. The molecule has 0 radical (unpaired) electrons. The lowest BCUT2D eigenvalue weighted by Crippen LogP contribution is -1.97. The maximum absolute atomic E-state index is 10.6. The number of benzene rings is 1. The van der Waals surface area contributed by atoms with Crippen LogP contribution in [0, 0.1) is 6.92 Å². The number of carboxylic acid groups (broad SMARTS) is 1. The summed E-state index contributed by atoms with van der Waals surface area (Å²) in [5.74, 6) is -1.14. The summed E-state index contributed by atoms with van der Waals surface area (Å²) in [6, 6.07) is 3.42. The molecule has 1 heterocycles. The Balaban J connectivity index is 2.72. The number of aromatic nitrogens is 2. The molecule has 0 spiro atoms. The predicted molar refractivity (Wildman–Crippen MR) is 52.8 cm³/mol. The highest BCUT2D eigenvalue weighted by atomic mass is 35.5. The van der Waals surface area contributed by atoms with Crippen LogP contribution < -0.4 is 0 Å². The molecule has 2 rings (SSSR count). The molecule has 0 bridgehead atoms. The summed E-state index contributed by atoms with van der Waals surface area (Å²) in [6.45, 7) is 1.85. The van der Waals surface area contributed by atoms with Crippen molar-refractivity contribution in [2.75, 3.05) is 0 Å². The third-order valence-electron chi connectivity index (χ3n) is 1.96. The summed E-state index contributed by atoms with van der Waals surface area (Å²) < 4.78 is 0. The largest absolute Gasteiger partial charge is 0.475 e. The lowest BCUT2D eigenvalue weighted by Gasteiger charge is -1.95. The molecule has 0 atom stereocenters. The average Bonchev–Trinajstić information content (AvgIpc) is 2.48. The van der Waals surface area contributed by atoms with E-state index >= 15 is 0 Å². The number of aryl methyl sites for hydroxylation is 1. The standard InChI is InChI=1S/C9H7ClN2O2/c1-4-2-6-7(3-5(4)10)12-8(11-6)9(13)14/h2-3H,1H3,(H,11,12)(H,13,14). The summed E-state index contributed by atoms with van der Waals surface area (Å²) >= 11 is 5.88. The second-order valence-corrected chi connectivity index (χ2v) is 3.42. The number of imidazole rings is 1. The van der Waals surface area contributed by atoms with Gasteiger partial charge in [0.15, 0.2) is 0 Å². The number of aromatic carboxylic acids is 1. The van der Waals surface area contributed by atoms with Gasteiger partial charge in [-0.1, -0.05) is 11.6 Å². The minimum Gasteiger partial charge on any atom is -0.475 e. The number of nitrogens with zero attached hydrogens (tertiary/aromatic N) is 1. The van der Waals surface area contributed by atoms with E-state index in [4.69, 9.17) is 16.7 Å². The van der Waals surface area contributed by atoms with Gasteiger partial charge in [-0.3, -0.25) is 0 Å². The molecule has 14 heavy (non-hydrogen) atoms. The SMILES string of the molecule is Cc1cc2[nH]c(C(=O)O)nc2cc1Cl. The van der Waals surface area contributed by atoms with Crippen LogP contribution >= 0.6 is 11.6 Å². The van der Waals surface area contributed by atoms with E-state index in [9.17, 15) is 4.79 Å². The summed E-state index contributed by atoms with van der Waals surface area (Å²) in [7, 11) is 0. The van der Waals surface area contributed by atoms with Gasteiger partial charge in [-0.15, -0.1) is 0 Å². The van der Waals surface area contributed by atoms with Crippen molar-refractivity contribution in [3.8, 4) is 0 Å². The molecule has 0 aliphatic carbocycles. The molecule has 0 saturated carbocycles. The Morgan fingerprint density at radius 3 is 2.93 bits per heavy atom. The fourth-order valence-corrected chi connectivity index (χ4v) is 1.40. The highest BCUT2D eigenvalue weighted by molar-refractivity contribution is 6.32. The maximum atomic E-state index is 10.6. The number of hydrogen-bond donors (Lipinski definition) is 2. The molecule has 72 valence electrons. The smallest absolute Gasteiger partial charge is 0.371 e. The Kier molecular flexibility index (Phi) is 1.93. The van der Waals surface area contributed by atoms with Crippen molar-refractivity contribution < 1.29 is 9.90 Å². The van der Waals surface area contributed by atoms with Gasteiger partial charge in [-0.05, 0) is 24.6 Å². The van der Waals surface area contributed by atoms with Crippen molar-refractivity contribution >= 4 is 28.6 Å². The summed E-state index contributed by atoms with van der Waals surface area (Å²) in [4.78, 5) is 17.2. The second kappa shape index (κ2) is 2.99. The third-order valence-corrected chi connectivity index (χ3v) is 2.37. The fourth-order valence-electron chi connectivity index (χ4n) is 1.24. The Morgan fingerprint density at radius 2 is 2.29 bits per heavy atom. The third kappa shape index (κ3) is 1.33. The van der Waals surface area contributed by atoms with Crippen LogP contribution in [0.3, 0.4) is 0 Å². The Morgan fingerprint density at radius 1 is 1.57 bits per heavy atom. The predicted octanol–water partition coefficient (Wildman–Crippen LogP) is 2.22. The number of hydrogen-bond acceptors (Lipinski definition) is 2. The number of nitrogens with one attached hydrogen (secondary N) is 1. The van der Waals surface area contributed by atoms with E-state index in [1.807, 2.05) is 6.92 Å². The first-order valence-electron chi connectivity index (χ1n) is 3.97. The van der Waals surface area contributed by atoms with Gasteiger partial charge in [-0.25, -0.2) is 9.78 Å². The molecule has 1 aromatic carbocycles. The molecule has 0 fully saturated rings. The quantitative estimate of drug-likeness (QED) is 0.759. The minimum atomic E-state index is -1.07. The van der Waals surface area contributed by atoms with Crippen molar-refractivity contribution in [1.82, 2.24) is 9.97 Å². The van der Waals surface area contributed by atoms with E-state index < -0.39 is 5.97 Å². The first-order chi connectivity index (χ1) is 6.58. The summed E-state index contributed by atoms with van der Waals surface area (Å²) in [5, 5.41) is 9.28. The molecule has 0 aliphatic heterocycles. The van der Waals surface area contributed by atoms with Gasteiger partial charge in [-0.2, -0.15) is 0 Å². The van der Waals surface area contributed by atoms with Gasteiger partial charge < -0.3 is 10.1 Å². The van der Waals surface area contributed by atoms with Gasteiger partial charge in [0.1, 0.15) is 0 Å². The topological polar surface area (TPSA) is 66.0 Å². The zero-order valence-electron chi connectivity index (χ0n) is 7.34. The van der Waals surface area contributed by atoms with Crippen LogP contribution in [-0.4, -0.2) is 21.0 Å². The van der Waals surface area contributed by atoms with Crippen molar-refractivity contribution in [1.29, 1.82) is 0 Å². The first-order valence-corrected chi connectivity index (χ1v) is 4.35. The van der Waals surface area contributed by atoms with Gasteiger partial charge in [0.05, 0.1) is 11.0 Å². The Labute approximate surface area is 84.5 Å². The van der Waals surface area contributed by atoms with Crippen LogP contribution in [0.4, 0.5) is 0 Å². The van der Waals surface area contributed by atoms with Crippen molar-refractivity contribution in [3.63, 3.8) is 0 Å². The van der Waals surface area contributed by atoms with Gasteiger partial charge >= 0.3 is 5.97 Å². The van der Waals surface area contributed by atoms with E-state index in [1.54, 1.807) is 12.1 Å². The molecular formula is C9H7ClN2O2. The lowest BCUT2D eigenvalue weighted by atomic mass is 10.2. The summed E-state index contributed by atoms with van der Waals surface area (Å²) in [6.07, 6.45) is 0. The van der Waals surface area contributed by atoms with E-state index in [1.165, 1.54) is 0 Å². The first kappa shape index (κ1) is 9.02. The van der Waals surface area contributed by atoms with E-state index in [0.717, 1.165) is 5.56 Å². The van der Waals surface area contributed by atoms with E-state index in [2.05, 4.69) is 9.97 Å². The highest BCUT2D eigenvalue weighted by Gasteiger charge is 2.10. The number of aromatic amines is 1. The number of carbonyl (C=O) groups is 1. The number of rotatable bonds is 1. The van der Waals surface area contributed by atoms with Crippen LogP contribution in [0.25, 0.3) is 11.0 Å². The second-order valence-electron chi connectivity index (χ2n) is 3.01. The molecule has 4 nitrogen and oxygen atoms in total. The van der Waals surface area contributed by atoms with Crippen LogP contribution in [-0.2, 0) is 0 Å². The molecule has 0 amide bonds. The Hall–Kier alpha value is -1.55. The average molecular weight is 211 g/mol. The van der Waals surface area contributed by atoms with Crippen LogP contribution in [0.1, 0.15) is 16.2 Å². The summed E-state index contributed by atoms with van der Waals surface area (Å²) in [5.41, 5.74) is 2.14. The molecule has 0 aliphatic rings. The number of fused-ring (bicyclic) bond motifs is 1. The van der Waals surface area contributed by atoms with Gasteiger partial charge in [0, 0.05) is 5.02 Å². The molecule has 5 heteroatoms.